The molecule has 0 radical (unpaired) electrons. The van der Waals surface area contributed by atoms with Crippen molar-refractivity contribution in [3.05, 3.63) is 181 Å². The topological polar surface area (TPSA) is 53.5 Å². The minimum atomic E-state index is -0.377. The molecule has 3 unspecified atom stereocenters. The van der Waals surface area contributed by atoms with Gasteiger partial charge in [-0.25, -0.2) is 15.0 Å². The fourth-order valence-corrected chi connectivity index (χ4v) is 8.74. The van der Waals surface area contributed by atoms with Gasteiger partial charge in [0.25, 0.3) is 0 Å². The molecule has 0 saturated carbocycles. The molecule has 0 spiro atoms. The summed E-state index contributed by atoms with van der Waals surface area (Å²) < 4.78 is 7.16. The maximum atomic E-state index is 5.55. The summed E-state index contributed by atoms with van der Waals surface area (Å²) in [6.07, 6.45) is 9.55. The first-order valence-electron chi connectivity index (χ1n) is 18.7. The fraction of sp³-hybridized carbons (Fsp3) is 0.170. The van der Waals surface area contributed by atoms with Crippen molar-refractivity contribution in [2.24, 2.45) is 5.92 Å². The van der Waals surface area contributed by atoms with Crippen molar-refractivity contribution in [2.45, 2.75) is 44.4 Å². The van der Waals surface area contributed by atoms with E-state index in [9.17, 15) is 0 Å². The molecule has 10 rings (SSSR count). The number of aromatic nitrogens is 6. The van der Waals surface area contributed by atoms with Gasteiger partial charge in [0.1, 0.15) is 17.5 Å². The van der Waals surface area contributed by atoms with Gasteiger partial charge in [-0.15, -0.1) is 0 Å². The number of allylic oxidation sites excluding steroid dienone is 3. The zero-order valence-corrected chi connectivity index (χ0v) is 30.0. The van der Waals surface area contributed by atoms with Gasteiger partial charge in [0.15, 0.2) is 0 Å². The van der Waals surface area contributed by atoms with Crippen LogP contribution in [0.4, 0.5) is 0 Å². The third kappa shape index (κ3) is 5.28. The van der Waals surface area contributed by atoms with Crippen LogP contribution in [-0.2, 0) is 11.8 Å². The molecule has 3 atom stereocenters. The van der Waals surface area contributed by atoms with Crippen molar-refractivity contribution < 1.29 is 0 Å². The standard InChI is InChI=1S/C47H40N6/c1-32-26-27-40-43(28-32)53(37-20-10-5-11-21-37)46(50-40)47(2)30-33(44-48-38-22-12-14-24-41(38)51(44)35-16-6-3-7-17-35)29-34(31-47)45-49-39-23-13-15-25-42(39)52(45)36-18-8-4-9-19-36/h3-27,29,32-33H,28,30-31H2,1-2H3. The summed E-state index contributed by atoms with van der Waals surface area (Å²) in [6, 6.07) is 49.1. The number of imidazole rings is 3. The highest BCUT2D eigenvalue weighted by Crippen LogP contribution is 2.49. The summed E-state index contributed by atoms with van der Waals surface area (Å²) >= 11 is 0. The third-order valence-electron chi connectivity index (χ3n) is 11.1. The average Bonchev–Trinajstić information content (AvgIpc) is 3.91. The zero-order valence-electron chi connectivity index (χ0n) is 30.0. The lowest BCUT2D eigenvalue weighted by molar-refractivity contribution is 0.374. The van der Waals surface area contributed by atoms with Crippen LogP contribution in [0.5, 0.6) is 0 Å². The molecule has 8 aromatic rings. The van der Waals surface area contributed by atoms with Crippen molar-refractivity contribution >= 4 is 33.7 Å². The molecule has 0 amide bonds. The summed E-state index contributed by atoms with van der Waals surface area (Å²) in [5.74, 6) is 3.49. The van der Waals surface area contributed by atoms with E-state index in [2.05, 4.69) is 185 Å². The highest BCUT2D eigenvalue weighted by atomic mass is 15.1. The Hall–Kier alpha value is -6.27. The Balaban J connectivity index is 1.24. The first-order chi connectivity index (χ1) is 26.0. The predicted molar refractivity (Wildman–Crippen MR) is 215 cm³/mol. The first kappa shape index (κ1) is 31.5. The lowest BCUT2D eigenvalue weighted by atomic mass is 9.70. The smallest absolute Gasteiger partial charge is 0.141 e. The van der Waals surface area contributed by atoms with E-state index in [4.69, 9.17) is 15.0 Å². The molecule has 3 aromatic heterocycles. The largest absolute Gasteiger partial charge is 0.300 e. The molecule has 0 aliphatic heterocycles. The van der Waals surface area contributed by atoms with E-state index >= 15 is 0 Å². The average molecular weight is 689 g/mol. The van der Waals surface area contributed by atoms with Crippen molar-refractivity contribution in [1.29, 1.82) is 0 Å². The number of para-hydroxylation sites is 7. The van der Waals surface area contributed by atoms with Crippen LogP contribution >= 0.6 is 0 Å². The Labute approximate surface area is 309 Å². The number of nitrogens with zero attached hydrogens (tertiary/aromatic N) is 6. The van der Waals surface area contributed by atoms with Gasteiger partial charge in [-0.05, 0) is 97.5 Å². The quantitative estimate of drug-likeness (QED) is 0.175. The molecule has 0 N–H and O–H groups in total. The lowest BCUT2D eigenvalue weighted by Gasteiger charge is -2.37. The number of hydrogen-bond acceptors (Lipinski definition) is 3. The van der Waals surface area contributed by atoms with Gasteiger partial charge in [0, 0.05) is 28.4 Å². The normalized spacial score (nSPS) is 19.8. The van der Waals surface area contributed by atoms with E-state index in [0.717, 1.165) is 81.6 Å². The first-order valence-corrected chi connectivity index (χ1v) is 18.7. The molecular formula is C47H40N6. The SMILES string of the molecule is CC1C=Cc2nc(C3(C)CC(c4nc5ccccc5n4-c4ccccc4)=CC(c4nc5ccccc5n4-c4ccccc4)C3)n(-c3ccccc3)c2C1. The summed E-state index contributed by atoms with van der Waals surface area (Å²) in [5, 5.41) is 0. The summed E-state index contributed by atoms with van der Waals surface area (Å²) in [6.45, 7) is 4.71. The van der Waals surface area contributed by atoms with E-state index in [0.29, 0.717) is 5.92 Å². The second-order valence-corrected chi connectivity index (χ2v) is 14.9. The summed E-state index contributed by atoms with van der Waals surface area (Å²) in [4.78, 5) is 16.4. The van der Waals surface area contributed by atoms with Crippen LogP contribution < -0.4 is 0 Å². The van der Waals surface area contributed by atoms with Crippen LogP contribution in [0, 0.1) is 5.92 Å². The van der Waals surface area contributed by atoms with E-state index in [1.165, 1.54) is 11.3 Å². The van der Waals surface area contributed by atoms with E-state index in [1.54, 1.807) is 0 Å². The molecule has 2 aliphatic carbocycles. The van der Waals surface area contributed by atoms with Gasteiger partial charge < -0.3 is 0 Å². The van der Waals surface area contributed by atoms with E-state index in [-0.39, 0.29) is 11.3 Å². The highest BCUT2D eigenvalue weighted by Gasteiger charge is 2.43. The van der Waals surface area contributed by atoms with E-state index < -0.39 is 0 Å². The molecule has 2 aliphatic rings. The van der Waals surface area contributed by atoms with Crippen LogP contribution in [0.1, 0.15) is 61.5 Å². The van der Waals surface area contributed by atoms with Crippen LogP contribution in [0.3, 0.4) is 0 Å². The van der Waals surface area contributed by atoms with Crippen molar-refractivity contribution in [1.82, 2.24) is 28.7 Å². The van der Waals surface area contributed by atoms with Gasteiger partial charge >= 0.3 is 0 Å². The summed E-state index contributed by atoms with van der Waals surface area (Å²) in [5.41, 5.74) is 10.7. The molecular weight excluding hydrogens is 649 g/mol. The number of benzene rings is 5. The third-order valence-corrected chi connectivity index (χ3v) is 11.1. The fourth-order valence-electron chi connectivity index (χ4n) is 8.74. The molecule has 6 nitrogen and oxygen atoms in total. The van der Waals surface area contributed by atoms with Gasteiger partial charge in [-0.1, -0.05) is 105 Å². The van der Waals surface area contributed by atoms with Gasteiger partial charge in [0.05, 0.1) is 33.5 Å². The number of hydrogen-bond donors (Lipinski definition) is 0. The second-order valence-electron chi connectivity index (χ2n) is 14.9. The molecule has 0 saturated heterocycles. The number of rotatable bonds is 6. The summed E-state index contributed by atoms with van der Waals surface area (Å²) in [7, 11) is 0. The molecule has 6 heteroatoms. The Morgan fingerprint density at radius 3 is 1.81 bits per heavy atom. The van der Waals surface area contributed by atoms with Crippen LogP contribution in [0.25, 0.3) is 50.8 Å². The molecule has 5 aromatic carbocycles. The maximum Gasteiger partial charge on any atom is 0.141 e. The molecule has 53 heavy (non-hydrogen) atoms. The molecule has 258 valence electrons. The Morgan fingerprint density at radius 2 is 1.15 bits per heavy atom. The predicted octanol–water partition coefficient (Wildman–Crippen LogP) is 10.7. The molecule has 3 heterocycles. The Kier molecular flexibility index (Phi) is 7.39. The maximum absolute atomic E-state index is 5.55. The van der Waals surface area contributed by atoms with Gasteiger partial charge in [-0.2, -0.15) is 0 Å². The zero-order chi connectivity index (χ0) is 35.5. The van der Waals surface area contributed by atoms with Crippen LogP contribution in [0.15, 0.2) is 152 Å². The van der Waals surface area contributed by atoms with Gasteiger partial charge in [-0.3, -0.25) is 13.7 Å². The number of fused-ring (bicyclic) bond motifs is 3. The van der Waals surface area contributed by atoms with Gasteiger partial charge in [0.2, 0.25) is 0 Å². The Morgan fingerprint density at radius 1 is 0.604 bits per heavy atom. The minimum absolute atomic E-state index is 0.0344. The second kappa shape index (κ2) is 12.4. The minimum Gasteiger partial charge on any atom is -0.300 e. The van der Waals surface area contributed by atoms with Crippen molar-refractivity contribution in [2.75, 3.05) is 0 Å². The monoisotopic (exact) mass is 688 g/mol. The van der Waals surface area contributed by atoms with E-state index in [1.807, 2.05) is 0 Å². The van der Waals surface area contributed by atoms with Crippen LogP contribution in [-0.4, -0.2) is 28.7 Å². The van der Waals surface area contributed by atoms with Crippen molar-refractivity contribution in [3.63, 3.8) is 0 Å². The lowest BCUT2D eigenvalue weighted by Crippen LogP contribution is -2.33. The van der Waals surface area contributed by atoms with Crippen LogP contribution in [0.2, 0.25) is 0 Å². The molecule has 0 fully saturated rings. The molecule has 0 bridgehead atoms. The van der Waals surface area contributed by atoms with Crippen molar-refractivity contribution in [3.8, 4) is 17.1 Å². The Bertz CT molecular complexity index is 2680. The highest BCUT2D eigenvalue weighted by molar-refractivity contribution is 5.83.